The van der Waals surface area contributed by atoms with Gasteiger partial charge in [0.1, 0.15) is 4.47 Å². The van der Waals surface area contributed by atoms with Crippen molar-refractivity contribution in [2.45, 2.75) is 26.4 Å². The van der Waals surface area contributed by atoms with E-state index in [9.17, 15) is 4.79 Å². The van der Waals surface area contributed by atoms with Crippen molar-refractivity contribution in [2.24, 2.45) is 0 Å². The highest BCUT2D eigenvalue weighted by atomic mass is 79.9. The molecule has 1 aromatic heterocycles. The van der Waals surface area contributed by atoms with Gasteiger partial charge in [0.25, 0.3) is 5.56 Å². The standard InChI is InChI=1S/C13H15BrN2O/c1-2-8-15-10-12(14)13(17)16(15)9-11-6-4-3-5-7-11/h3-7,10H,2,8-9H2,1H3. The SMILES string of the molecule is CCCn1cc(Br)c(=O)n1Cc1ccccc1. The number of hydrogen-bond donors (Lipinski definition) is 0. The van der Waals surface area contributed by atoms with Crippen molar-refractivity contribution in [1.29, 1.82) is 0 Å². The van der Waals surface area contributed by atoms with E-state index < -0.39 is 0 Å². The molecule has 0 amide bonds. The highest BCUT2D eigenvalue weighted by Crippen LogP contribution is 2.07. The molecule has 0 N–H and O–H groups in total. The van der Waals surface area contributed by atoms with Gasteiger partial charge in [-0.25, -0.2) is 4.68 Å². The molecule has 0 atom stereocenters. The Morgan fingerprint density at radius 1 is 1.24 bits per heavy atom. The molecule has 3 nitrogen and oxygen atoms in total. The maximum atomic E-state index is 12.0. The van der Waals surface area contributed by atoms with E-state index in [1.165, 1.54) is 0 Å². The first-order chi connectivity index (χ1) is 8.22. The number of nitrogens with zero attached hydrogens (tertiary/aromatic N) is 2. The van der Waals surface area contributed by atoms with Crippen molar-refractivity contribution < 1.29 is 0 Å². The quantitative estimate of drug-likeness (QED) is 0.852. The molecule has 0 bridgehead atoms. The number of halogens is 1. The van der Waals surface area contributed by atoms with E-state index in [0.29, 0.717) is 11.0 Å². The summed E-state index contributed by atoms with van der Waals surface area (Å²) in [5.74, 6) is 0. The number of aromatic nitrogens is 2. The Morgan fingerprint density at radius 3 is 2.59 bits per heavy atom. The third kappa shape index (κ3) is 2.69. The zero-order valence-corrected chi connectivity index (χ0v) is 11.4. The molecule has 17 heavy (non-hydrogen) atoms. The van der Waals surface area contributed by atoms with Crippen molar-refractivity contribution in [3.8, 4) is 0 Å². The van der Waals surface area contributed by atoms with Crippen LogP contribution in [0.2, 0.25) is 0 Å². The molecule has 4 heteroatoms. The van der Waals surface area contributed by atoms with Gasteiger partial charge in [0, 0.05) is 12.7 Å². The molecule has 0 fully saturated rings. The van der Waals surface area contributed by atoms with Crippen LogP contribution >= 0.6 is 15.9 Å². The summed E-state index contributed by atoms with van der Waals surface area (Å²) < 4.78 is 4.37. The molecule has 0 aliphatic rings. The molecule has 90 valence electrons. The lowest BCUT2D eigenvalue weighted by atomic mass is 10.2. The molecular formula is C13H15BrN2O. The number of benzene rings is 1. The minimum Gasteiger partial charge on any atom is -0.288 e. The molecule has 0 aliphatic heterocycles. The maximum absolute atomic E-state index is 12.0. The second-order valence-corrected chi connectivity index (χ2v) is 4.84. The van der Waals surface area contributed by atoms with Gasteiger partial charge < -0.3 is 0 Å². The topological polar surface area (TPSA) is 26.9 Å². The van der Waals surface area contributed by atoms with Crippen molar-refractivity contribution >= 4 is 15.9 Å². The van der Waals surface area contributed by atoms with Gasteiger partial charge in [-0.2, -0.15) is 0 Å². The predicted octanol–water partition coefficient (Wildman–Crippen LogP) is 2.87. The van der Waals surface area contributed by atoms with Gasteiger partial charge in [0.2, 0.25) is 0 Å². The number of rotatable bonds is 4. The van der Waals surface area contributed by atoms with Gasteiger partial charge in [0.05, 0.1) is 6.54 Å². The zero-order valence-electron chi connectivity index (χ0n) is 9.77. The Bertz CT molecular complexity index is 542. The molecule has 1 aromatic carbocycles. The van der Waals surface area contributed by atoms with Gasteiger partial charge in [-0.1, -0.05) is 37.3 Å². The molecule has 0 spiro atoms. The lowest BCUT2D eigenvalue weighted by Gasteiger charge is -2.10. The Kier molecular flexibility index (Phi) is 3.84. The summed E-state index contributed by atoms with van der Waals surface area (Å²) in [7, 11) is 0. The van der Waals surface area contributed by atoms with Crippen LogP contribution in [0.4, 0.5) is 0 Å². The second kappa shape index (κ2) is 5.36. The van der Waals surface area contributed by atoms with Gasteiger partial charge in [-0.05, 0) is 27.9 Å². The van der Waals surface area contributed by atoms with E-state index in [-0.39, 0.29) is 5.56 Å². The number of aryl methyl sites for hydroxylation is 1. The zero-order chi connectivity index (χ0) is 12.3. The van der Waals surface area contributed by atoms with Gasteiger partial charge in [0.15, 0.2) is 0 Å². The second-order valence-electron chi connectivity index (χ2n) is 3.99. The number of hydrogen-bond acceptors (Lipinski definition) is 1. The van der Waals surface area contributed by atoms with Gasteiger partial charge in [-0.3, -0.25) is 9.48 Å². The third-order valence-corrected chi connectivity index (χ3v) is 3.18. The van der Waals surface area contributed by atoms with Crippen LogP contribution in [0.25, 0.3) is 0 Å². The molecule has 0 unspecified atom stereocenters. The molecule has 0 saturated carbocycles. The summed E-state index contributed by atoms with van der Waals surface area (Å²) in [4.78, 5) is 12.0. The summed E-state index contributed by atoms with van der Waals surface area (Å²) in [5.41, 5.74) is 1.17. The fraction of sp³-hybridized carbons (Fsp3) is 0.308. The molecular weight excluding hydrogens is 280 g/mol. The van der Waals surface area contributed by atoms with Crippen LogP contribution < -0.4 is 5.56 Å². The van der Waals surface area contributed by atoms with E-state index in [0.717, 1.165) is 18.5 Å². The highest BCUT2D eigenvalue weighted by molar-refractivity contribution is 9.10. The first-order valence-corrected chi connectivity index (χ1v) is 6.51. The predicted molar refractivity (Wildman–Crippen MR) is 72.2 cm³/mol. The maximum Gasteiger partial charge on any atom is 0.281 e. The Labute approximate surface area is 109 Å². The molecule has 0 aliphatic carbocycles. The lowest BCUT2D eigenvalue weighted by molar-refractivity contribution is 0.466. The van der Waals surface area contributed by atoms with Crippen molar-refractivity contribution in [2.75, 3.05) is 0 Å². The lowest BCUT2D eigenvalue weighted by Crippen LogP contribution is -2.23. The summed E-state index contributed by atoms with van der Waals surface area (Å²) in [5, 5.41) is 0. The minimum absolute atomic E-state index is 0.0299. The van der Waals surface area contributed by atoms with Crippen molar-refractivity contribution in [3.63, 3.8) is 0 Å². The van der Waals surface area contributed by atoms with Crippen LogP contribution in [0.15, 0.2) is 45.8 Å². The van der Waals surface area contributed by atoms with E-state index in [2.05, 4.69) is 22.9 Å². The minimum atomic E-state index is 0.0299. The van der Waals surface area contributed by atoms with Crippen LogP contribution in [0.1, 0.15) is 18.9 Å². The average molecular weight is 295 g/mol. The Morgan fingerprint density at radius 2 is 1.94 bits per heavy atom. The fourth-order valence-electron chi connectivity index (χ4n) is 1.83. The first-order valence-electron chi connectivity index (χ1n) is 5.72. The van der Waals surface area contributed by atoms with Crippen LogP contribution in [0, 0.1) is 0 Å². The van der Waals surface area contributed by atoms with Crippen LogP contribution in [0.3, 0.4) is 0 Å². The molecule has 0 saturated heterocycles. The Balaban J connectivity index is 2.34. The van der Waals surface area contributed by atoms with E-state index in [4.69, 9.17) is 0 Å². The van der Waals surface area contributed by atoms with Crippen LogP contribution in [-0.4, -0.2) is 9.36 Å². The van der Waals surface area contributed by atoms with Crippen molar-refractivity contribution in [1.82, 2.24) is 9.36 Å². The summed E-state index contributed by atoms with van der Waals surface area (Å²) in [6.45, 7) is 3.57. The monoisotopic (exact) mass is 294 g/mol. The van der Waals surface area contributed by atoms with Crippen molar-refractivity contribution in [3.05, 3.63) is 56.9 Å². The molecule has 2 aromatic rings. The van der Waals surface area contributed by atoms with E-state index in [1.807, 2.05) is 41.2 Å². The summed E-state index contributed by atoms with van der Waals surface area (Å²) >= 11 is 3.30. The van der Waals surface area contributed by atoms with E-state index in [1.54, 1.807) is 4.68 Å². The third-order valence-electron chi connectivity index (χ3n) is 2.64. The van der Waals surface area contributed by atoms with Gasteiger partial charge in [-0.15, -0.1) is 0 Å². The smallest absolute Gasteiger partial charge is 0.281 e. The summed E-state index contributed by atoms with van der Waals surface area (Å²) in [6.07, 6.45) is 2.87. The van der Waals surface area contributed by atoms with E-state index >= 15 is 0 Å². The highest BCUT2D eigenvalue weighted by Gasteiger charge is 2.08. The Hall–Kier alpha value is -1.29. The molecule has 0 radical (unpaired) electrons. The average Bonchev–Trinajstić information content (AvgIpc) is 2.59. The largest absolute Gasteiger partial charge is 0.288 e. The first kappa shape index (κ1) is 12.2. The molecule has 2 rings (SSSR count). The molecule has 1 heterocycles. The fourth-order valence-corrected chi connectivity index (χ4v) is 2.27. The normalized spacial score (nSPS) is 10.7. The van der Waals surface area contributed by atoms with Gasteiger partial charge >= 0.3 is 0 Å². The summed E-state index contributed by atoms with van der Waals surface area (Å²) in [6, 6.07) is 10.0. The van der Waals surface area contributed by atoms with Crippen LogP contribution in [-0.2, 0) is 13.1 Å². The van der Waals surface area contributed by atoms with Crippen LogP contribution in [0.5, 0.6) is 0 Å².